The minimum absolute atomic E-state index is 0.156. The van der Waals surface area contributed by atoms with Gasteiger partial charge in [-0.25, -0.2) is 4.99 Å². The summed E-state index contributed by atoms with van der Waals surface area (Å²) in [5.41, 5.74) is 0. The minimum atomic E-state index is 0.156. The average Bonchev–Trinajstić information content (AvgIpc) is 1.81. The van der Waals surface area contributed by atoms with Gasteiger partial charge in [0.15, 0.2) is 0 Å². The predicted octanol–water partition coefficient (Wildman–Crippen LogP) is 0.985. The summed E-state index contributed by atoms with van der Waals surface area (Å²) in [5.74, 6) is 0. The molecule has 0 bridgehead atoms. The van der Waals surface area contributed by atoms with Crippen LogP contribution in [0.4, 0.5) is 0 Å². The molecule has 1 N–H and O–H groups in total. The Labute approximate surface area is 53.6 Å². The number of aliphatic imine (C=N–C) groups is 1. The maximum atomic E-state index is 8.23. The molecule has 3 heteroatoms. The summed E-state index contributed by atoms with van der Waals surface area (Å²) in [6.07, 6.45) is 3.86. The lowest BCUT2D eigenvalue weighted by Gasteiger charge is -1.77. The van der Waals surface area contributed by atoms with Crippen molar-refractivity contribution in [2.24, 2.45) is 4.99 Å². The Bertz CT molecular complexity index is 116. The molecule has 0 spiro atoms. The zero-order valence-corrected chi connectivity index (χ0v) is 5.19. The smallest absolute Gasteiger partial charge is 0.0634 e. The molecule has 8 heavy (non-hydrogen) atoms. The molecule has 44 valence electrons. The van der Waals surface area contributed by atoms with Crippen molar-refractivity contribution in [3.05, 3.63) is 12.3 Å². The first-order chi connectivity index (χ1) is 3.91. The third kappa shape index (κ3) is 5.50. The topological polar surface area (TPSA) is 32.6 Å². The van der Waals surface area contributed by atoms with Crippen LogP contribution in [0.2, 0.25) is 0 Å². The molecule has 0 aliphatic carbocycles. The van der Waals surface area contributed by atoms with E-state index < -0.39 is 0 Å². The molecule has 0 aliphatic rings. The number of hydrogen-bond donors (Lipinski definition) is 1. The second kappa shape index (κ2) is 6.50. The van der Waals surface area contributed by atoms with E-state index in [9.17, 15) is 0 Å². The molecule has 0 aromatic heterocycles. The number of aliphatic hydroxyl groups is 1. The van der Waals surface area contributed by atoms with Crippen LogP contribution < -0.4 is 0 Å². The zero-order valence-electron chi connectivity index (χ0n) is 4.37. The Morgan fingerprint density at radius 1 is 1.75 bits per heavy atom. The summed E-state index contributed by atoms with van der Waals surface area (Å²) in [6.45, 7) is 0.156. The van der Waals surface area contributed by atoms with Gasteiger partial charge in [-0.1, -0.05) is 6.08 Å². The van der Waals surface area contributed by atoms with Gasteiger partial charge in [0.05, 0.1) is 5.16 Å². The molecule has 0 aliphatic heterocycles. The summed E-state index contributed by atoms with van der Waals surface area (Å²) in [5, 5.41) is 10.4. The Hall–Kier alpha value is -0.500. The molecule has 0 saturated heterocycles. The van der Waals surface area contributed by atoms with Crippen molar-refractivity contribution in [1.29, 1.82) is 0 Å². The van der Waals surface area contributed by atoms with Gasteiger partial charge in [0.2, 0.25) is 0 Å². The summed E-state index contributed by atoms with van der Waals surface area (Å²) in [7, 11) is 0. The Kier molecular flexibility index (Phi) is 6.09. The van der Waals surface area contributed by atoms with Gasteiger partial charge in [-0.15, -0.1) is 0 Å². The highest BCUT2D eigenvalue weighted by molar-refractivity contribution is 7.78. The minimum Gasteiger partial charge on any atom is -0.396 e. The first-order valence-corrected chi connectivity index (χ1v) is 2.65. The van der Waals surface area contributed by atoms with Crippen LogP contribution in [-0.2, 0) is 0 Å². The molecule has 0 radical (unpaired) electrons. The van der Waals surface area contributed by atoms with E-state index in [1.54, 1.807) is 6.08 Å². The van der Waals surface area contributed by atoms with E-state index >= 15 is 0 Å². The maximum Gasteiger partial charge on any atom is 0.0634 e. The quantitative estimate of drug-likeness (QED) is 0.455. The highest BCUT2D eigenvalue weighted by Gasteiger charge is 1.68. The first-order valence-electron chi connectivity index (χ1n) is 2.24. The lowest BCUT2D eigenvalue weighted by atomic mass is 10.4. The van der Waals surface area contributed by atoms with Gasteiger partial charge in [-0.3, -0.25) is 0 Å². The van der Waals surface area contributed by atoms with E-state index in [2.05, 4.69) is 22.4 Å². The van der Waals surface area contributed by atoms with Crippen LogP contribution in [0.25, 0.3) is 0 Å². The van der Waals surface area contributed by atoms with Crippen molar-refractivity contribution in [1.82, 2.24) is 0 Å². The number of isothiocyanates is 1. The summed E-state index contributed by atoms with van der Waals surface area (Å²) in [6, 6.07) is 0. The third-order valence-electron chi connectivity index (χ3n) is 0.528. The van der Waals surface area contributed by atoms with Gasteiger partial charge in [-0.05, 0) is 18.6 Å². The third-order valence-corrected chi connectivity index (χ3v) is 0.634. The second-order valence-corrected chi connectivity index (χ2v) is 1.30. The van der Waals surface area contributed by atoms with E-state index in [1.165, 1.54) is 6.20 Å². The van der Waals surface area contributed by atoms with Crippen molar-refractivity contribution < 1.29 is 5.11 Å². The maximum absolute atomic E-state index is 8.23. The van der Waals surface area contributed by atoms with E-state index in [-0.39, 0.29) is 6.61 Å². The van der Waals surface area contributed by atoms with Gasteiger partial charge in [0.25, 0.3) is 0 Å². The van der Waals surface area contributed by atoms with Crippen LogP contribution >= 0.6 is 12.2 Å². The lowest BCUT2D eigenvalue weighted by Crippen LogP contribution is -1.73. The van der Waals surface area contributed by atoms with Crippen molar-refractivity contribution in [2.45, 2.75) is 6.42 Å². The van der Waals surface area contributed by atoms with E-state index in [4.69, 9.17) is 5.11 Å². The monoisotopic (exact) mass is 129 g/mol. The number of aliphatic hydroxyl groups excluding tert-OH is 1. The molecule has 0 aromatic carbocycles. The van der Waals surface area contributed by atoms with Gasteiger partial charge in [0, 0.05) is 12.8 Å². The largest absolute Gasteiger partial charge is 0.396 e. The fourth-order valence-electron chi connectivity index (χ4n) is 0.232. The lowest BCUT2D eigenvalue weighted by molar-refractivity contribution is 0.302. The van der Waals surface area contributed by atoms with Crippen LogP contribution in [-0.4, -0.2) is 16.9 Å². The highest BCUT2D eigenvalue weighted by Crippen LogP contribution is 1.78. The number of thiocarbonyl (C=S) groups is 1. The van der Waals surface area contributed by atoms with E-state index in [0.29, 0.717) is 6.42 Å². The van der Waals surface area contributed by atoms with Gasteiger partial charge in [-0.2, -0.15) is 0 Å². The van der Waals surface area contributed by atoms with Gasteiger partial charge < -0.3 is 5.11 Å². The molecule has 0 heterocycles. The molecule has 0 saturated carbocycles. The van der Waals surface area contributed by atoms with Crippen LogP contribution in [0.5, 0.6) is 0 Å². The Morgan fingerprint density at radius 3 is 3.00 bits per heavy atom. The molecule has 0 unspecified atom stereocenters. The molecule has 0 fully saturated rings. The number of hydrogen-bond acceptors (Lipinski definition) is 3. The standard InChI is InChI=1S/C5H7NOS/c7-4-2-1-3-6-5-8/h1,3,7H,2,4H2. The van der Waals surface area contributed by atoms with Crippen molar-refractivity contribution in [3.63, 3.8) is 0 Å². The van der Waals surface area contributed by atoms with Crippen LogP contribution in [0.15, 0.2) is 17.3 Å². The predicted molar refractivity (Wildman–Crippen MR) is 35.9 cm³/mol. The molecule has 2 nitrogen and oxygen atoms in total. The van der Waals surface area contributed by atoms with Crippen LogP contribution in [0.1, 0.15) is 6.42 Å². The summed E-state index contributed by atoms with van der Waals surface area (Å²) < 4.78 is 0. The van der Waals surface area contributed by atoms with Crippen molar-refractivity contribution >= 4 is 17.4 Å². The average molecular weight is 129 g/mol. The molecular formula is C5H7NOS. The fraction of sp³-hybridized carbons (Fsp3) is 0.400. The molecule has 0 amide bonds. The number of rotatable bonds is 3. The van der Waals surface area contributed by atoms with Crippen molar-refractivity contribution in [3.8, 4) is 0 Å². The second-order valence-electron chi connectivity index (χ2n) is 1.12. The molecular weight excluding hydrogens is 122 g/mol. The van der Waals surface area contributed by atoms with Crippen LogP contribution in [0, 0.1) is 0 Å². The van der Waals surface area contributed by atoms with E-state index in [0.717, 1.165) is 0 Å². The van der Waals surface area contributed by atoms with Gasteiger partial charge >= 0.3 is 0 Å². The summed E-state index contributed by atoms with van der Waals surface area (Å²) >= 11 is 4.27. The van der Waals surface area contributed by atoms with Crippen molar-refractivity contribution in [2.75, 3.05) is 6.61 Å². The molecule has 0 atom stereocenters. The highest BCUT2D eigenvalue weighted by atomic mass is 32.1. The van der Waals surface area contributed by atoms with E-state index in [1.807, 2.05) is 0 Å². The molecule has 0 rings (SSSR count). The summed E-state index contributed by atoms with van der Waals surface area (Å²) in [4.78, 5) is 3.48. The first kappa shape index (κ1) is 7.50. The number of nitrogens with zero attached hydrogens (tertiary/aromatic N) is 1. The van der Waals surface area contributed by atoms with Gasteiger partial charge in [0.1, 0.15) is 0 Å². The zero-order chi connectivity index (χ0) is 6.24. The fourth-order valence-corrected chi connectivity index (χ4v) is 0.293. The molecule has 0 aromatic rings. The normalized spacial score (nSPS) is 9.12. The Balaban J connectivity index is 3.20. The Morgan fingerprint density at radius 2 is 2.50 bits per heavy atom. The van der Waals surface area contributed by atoms with Crippen LogP contribution in [0.3, 0.4) is 0 Å². The SMILES string of the molecule is OCCC=CN=C=S.